The van der Waals surface area contributed by atoms with Gasteiger partial charge < -0.3 is 15.0 Å². The molecule has 5 nitrogen and oxygen atoms in total. The summed E-state index contributed by atoms with van der Waals surface area (Å²) in [6.07, 6.45) is 0.668. The molecule has 0 fully saturated rings. The fraction of sp³-hybridized carbons (Fsp3) is 0.385. The SMILES string of the molecule is CCC(C)(N)c1nc(-c2ccc(F)c(OC)c2)no1. The second-order valence-corrected chi connectivity index (χ2v) is 4.54. The number of nitrogens with two attached hydrogens (primary N) is 1. The highest BCUT2D eigenvalue weighted by atomic mass is 19.1. The molecule has 1 heterocycles. The molecule has 1 aromatic carbocycles. The third-order valence-corrected chi connectivity index (χ3v) is 3.06. The number of nitrogens with zero attached hydrogens (tertiary/aromatic N) is 2. The second-order valence-electron chi connectivity index (χ2n) is 4.54. The Kier molecular flexibility index (Phi) is 3.53. The van der Waals surface area contributed by atoms with Gasteiger partial charge in [-0.3, -0.25) is 0 Å². The van der Waals surface area contributed by atoms with E-state index < -0.39 is 11.4 Å². The molecule has 0 saturated heterocycles. The summed E-state index contributed by atoms with van der Waals surface area (Å²) in [4.78, 5) is 4.25. The van der Waals surface area contributed by atoms with E-state index in [1.807, 2.05) is 13.8 Å². The van der Waals surface area contributed by atoms with Crippen molar-refractivity contribution in [2.45, 2.75) is 25.8 Å². The largest absolute Gasteiger partial charge is 0.494 e. The summed E-state index contributed by atoms with van der Waals surface area (Å²) in [6.45, 7) is 3.75. The number of ether oxygens (including phenoxy) is 1. The van der Waals surface area contributed by atoms with Crippen molar-refractivity contribution in [3.05, 3.63) is 29.9 Å². The first-order chi connectivity index (χ1) is 8.97. The van der Waals surface area contributed by atoms with Crippen molar-refractivity contribution < 1.29 is 13.7 Å². The molecule has 1 atom stereocenters. The Hall–Kier alpha value is -1.95. The molecule has 2 N–H and O–H groups in total. The lowest BCUT2D eigenvalue weighted by Gasteiger charge is -2.16. The van der Waals surface area contributed by atoms with Crippen LogP contribution in [0, 0.1) is 5.82 Å². The highest BCUT2D eigenvalue weighted by Crippen LogP contribution is 2.26. The van der Waals surface area contributed by atoms with E-state index in [0.717, 1.165) is 0 Å². The Bertz CT molecular complexity index is 581. The summed E-state index contributed by atoms with van der Waals surface area (Å²) in [5.41, 5.74) is 5.97. The number of halogens is 1. The maximum absolute atomic E-state index is 13.3. The van der Waals surface area contributed by atoms with E-state index in [1.54, 1.807) is 6.07 Å². The van der Waals surface area contributed by atoms with Crippen molar-refractivity contribution in [3.63, 3.8) is 0 Å². The van der Waals surface area contributed by atoms with Crippen molar-refractivity contribution in [1.82, 2.24) is 10.1 Å². The molecular weight excluding hydrogens is 249 g/mol. The van der Waals surface area contributed by atoms with Gasteiger partial charge in [0.05, 0.1) is 12.6 Å². The summed E-state index contributed by atoms with van der Waals surface area (Å²) in [5.74, 6) is 0.411. The number of benzene rings is 1. The fourth-order valence-electron chi connectivity index (χ4n) is 1.52. The first kappa shape index (κ1) is 13.5. The highest BCUT2D eigenvalue weighted by molar-refractivity contribution is 5.57. The topological polar surface area (TPSA) is 74.2 Å². The highest BCUT2D eigenvalue weighted by Gasteiger charge is 2.26. The normalized spacial score (nSPS) is 14.2. The van der Waals surface area contributed by atoms with Crippen LogP contribution in [0.2, 0.25) is 0 Å². The molecular formula is C13H16FN3O2. The maximum Gasteiger partial charge on any atom is 0.246 e. The van der Waals surface area contributed by atoms with Gasteiger partial charge in [0.15, 0.2) is 11.6 Å². The van der Waals surface area contributed by atoms with Gasteiger partial charge in [-0.1, -0.05) is 12.1 Å². The Morgan fingerprint density at radius 2 is 2.21 bits per heavy atom. The first-order valence-electron chi connectivity index (χ1n) is 5.95. The van der Waals surface area contributed by atoms with E-state index >= 15 is 0 Å². The predicted molar refractivity (Wildman–Crippen MR) is 68.1 cm³/mol. The molecule has 1 aromatic heterocycles. The second kappa shape index (κ2) is 4.97. The predicted octanol–water partition coefficient (Wildman–Crippen LogP) is 2.47. The number of hydrogen-bond acceptors (Lipinski definition) is 5. The third-order valence-electron chi connectivity index (χ3n) is 3.06. The molecule has 6 heteroatoms. The molecule has 0 spiro atoms. The van der Waals surface area contributed by atoms with Gasteiger partial charge in [0.1, 0.15) is 0 Å². The van der Waals surface area contributed by atoms with Gasteiger partial charge in [-0.2, -0.15) is 4.98 Å². The Labute approximate surface area is 110 Å². The molecule has 0 saturated carbocycles. The molecule has 0 bridgehead atoms. The lowest BCUT2D eigenvalue weighted by Crippen LogP contribution is -2.32. The zero-order valence-corrected chi connectivity index (χ0v) is 11.1. The van der Waals surface area contributed by atoms with Crippen molar-refractivity contribution in [1.29, 1.82) is 0 Å². The number of rotatable bonds is 4. The van der Waals surface area contributed by atoms with Crippen LogP contribution in [0.1, 0.15) is 26.2 Å². The minimum absolute atomic E-state index is 0.134. The minimum atomic E-state index is -0.671. The van der Waals surface area contributed by atoms with E-state index in [1.165, 1.54) is 19.2 Å². The average molecular weight is 265 g/mol. The number of aromatic nitrogens is 2. The first-order valence-corrected chi connectivity index (χ1v) is 5.95. The fourth-order valence-corrected chi connectivity index (χ4v) is 1.52. The Morgan fingerprint density at radius 1 is 1.47 bits per heavy atom. The summed E-state index contributed by atoms with van der Waals surface area (Å²) >= 11 is 0. The summed E-state index contributed by atoms with van der Waals surface area (Å²) < 4.78 is 23.4. The standard InChI is InChI=1S/C13H16FN3O2/c1-4-13(2,15)12-16-11(17-19-12)8-5-6-9(14)10(7-8)18-3/h5-7H,4,15H2,1-3H3. The van der Waals surface area contributed by atoms with Crippen LogP contribution in [0.5, 0.6) is 5.75 Å². The van der Waals surface area contributed by atoms with Gasteiger partial charge in [-0.25, -0.2) is 4.39 Å². The van der Waals surface area contributed by atoms with Gasteiger partial charge in [0.2, 0.25) is 11.7 Å². The van der Waals surface area contributed by atoms with Crippen LogP contribution in [0.15, 0.2) is 22.7 Å². The third kappa shape index (κ3) is 2.58. The van der Waals surface area contributed by atoms with Crippen LogP contribution >= 0.6 is 0 Å². The van der Waals surface area contributed by atoms with Gasteiger partial charge in [0.25, 0.3) is 0 Å². The maximum atomic E-state index is 13.3. The van der Waals surface area contributed by atoms with Gasteiger partial charge >= 0.3 is 0 Å². The zero-order valence-electron chi connectivity index (χ0n) is 11.1. The number of methoxy groups -OCH3 is 1. The van der Waals surface area contributed by atoms with E-state index in [4.69, 9.17) is 15.0 Å². The van der Waals surface area contributed by atoms with E-state index in [9.17, 15) is 4.39 Å². The van der Waals surface area contributed by atoms with Crippen molar-refractivity contribution in [3.8, 4) is 17.1 Å². The lowest BCUT2D eigenvalue weighted by atomic mass is 10.0. The molecule has 1 unspecified atom stereocenters. The zero-order chi connectivity index (χ0) is 14.0. The minimum Gasteiger partial charge on any atom is -0.494 e. The van der Waals surface area contributed by atoms with Crippen LogP contribution in [-0.2, 0) is 5.54 Å². The molecule has 0 radical (unpaired) electrons. The molecule has 0 aliphatic heterocycles. The van der Waals surface area contributed by atoms with Crippen LogP contribution in [0.3, 0.4) is 0 Å². The van der Waals surface area contributed by atoms with Gasteiger partial charge in [-0.15, -0.1) is 0 Å². The van der Waals surface area contributed by atoms with E-state index in [2.05, 4.69) is 10.1 Å². The molecule has 0 aliphatic carbocycles. The number of hydrogen-bond donors (Lipinski definition) is 1. The molecule has 2 aromatic rings. The monoisotopic (exact) mass is 265 g/mol. The van der Waals surface area contributed by atoms with Gasteiger partial charge in [-0.05, 0) is 31.5 Å². The van der Waals surface area contributed by atoms with Crippen LogP contribution in [-0.4, -0.2) is 17.3 Å². The summed E-state index contributed by atoms with van der Waals surface area (Å²) in [6, 6.07) is 4.38. The smallest absolute Gasteiger partial charge is 0.246 e. The van der Waals surface area contributed by atoms with Crippen LogP contribution in [0.25, 0.3) is 11.4 Å². The average Bonchev–Trinajstić information content (AvgIpc) is 2.89. The summed E-state index contributed by atoms with van der Waals surface area (Å²) in [5, 5.41) is 3.86. The molecule has 102 valence electrons. The van der Waals surface area contributed by atoms with Crippen molar-refractivity contribution in [2.24, 2.45) is 5.73 Å². The molecule has 0 amide bonds. The Balaban J connectivity index is 2.38. The molecule has 2 rings (SSSR count). The molecule has 19 heavy (non-hydrogen) atoms. The van der Waals surface area contributed by atoms with Crippen LogP contribution < -0.4 is 10.5 Å². The van der Waals surface area contributed by atoms with Gasteiger partial charge in [0, 0.05) is 5.56 Å². The van der Waals surface area contributed by atoms with Crippen molar-refractivity contribution in [2.75, 3.05) is 7.11 Å². The quantitative estimate of drug-likeness (QED) is 0.919. The Morgan fingerprint density at radius 3 is 2.84 bits per heavy atom. The van der Waals surface area contributed by atoms with E-state index in [-0.39, 0.29) is 5.75 Å². The summed E-state index contributed by atoms with van der Waals surface area (Å²) in [7, 11) is 1.40. The van der Waals surface area contributed by atoms with Crippen molar-refractivity contribution >= 4 is 0 Å². The lowest BCUT2D eigenvalue weighted by molar-refractivity contribution is 0.291. The van der Waals surface area contributed by atoms with E-state index in [0.29, 0.717) is 23.7 Å². The van der Waals surface area contributed by atoms with Crippen LogP contribution in [0.4, 0.5) is 4.39 Å². The molecule has 0 aliphatic rings.